The minimum Gasteiger partial charge on any atom is -0.311 e. The van der Waals surface area contributed by atoms with Crippen molar-refractivity contribution in [2.75, 3.05) is 25.9 Å². The Morgan fingerprint density at radius 2 is 2.28 bits per heavy atom. The van der Waals surface area contributed by atoms with E-state index >= 15 is 0 Å². The summed E-state index contributed by atoms with van der Waals surface area (Å²) in [5.74, 6) is 0. The second-order valence-corrected chi connectivity index (χ2v) is 7.50. The number of piperazine rings is 1. The van der Waals surface area contributed by atoms with Gasteiger partial charge in [0.05, 0.1) is 6.26 Å². The first kappa shape index (κ1) is 14.0. The summed E-state index contributed by atoms with van der Waals surface area (Å²) in [4.78, 5) is 0. The zero-order valence-corrected chi connectivity index (χ0v) is 12.7. The molecule has 6 heteroatoms. The minimum absolute atomic E-state index is 0.183. The average molecular weight is 333 g/mol. The largest absolute Gasteiger partial charge is 0.311 e. The zero-order chi connectivity index (χ0) is 13.2. The molecule has 0 saturated carbocycles. The van der Waals surface area contributed by atoms with Crippen molar-refractivity contribution < 1.29 is 8.42 Å². The molecule has 2 rings (SSSR count). The highest BCUT2D eigenvalue weighted by Gasteiger charge is 2.25. The third-order valence-electron chi connectivity index (χ3n) is 3.06. The molecule has 1 aliphatic heterocycles. The lowest BCUT2D eigenvalue weighted by molar-refractivity contribution is 0.298. The highest BCUT2D eigenvalue weighted by Crippen LogP contribution is 2.15. The van der Waals surface area contributed by atoms with Crippen LogP contribution in [0.15, 0.2) is 28.7 Å². The van der Waals surface area contributed by atoms with Crippen LogP contribution in [0.4, 0.5) is 0 Å². The molecule has 0 bridgehead atoms. The summed E-state index contributed by atoms with van der Waals surface area (Å²) in [7, 11) is -3.08. The first-order valence-electron chi connectivity index (χ1n) is 5.88. The van der Waals surface area contributed by atoms with E-state index < -0.39 is 10.0 Å². The fraction of sp³-hybridized carbons (Fsp3) is 0.500. The van der Waals surface area contributed by atoms with E-state index in [2.05, 4.69) is 33.4 Å². The van der Waals surface area contributed by atoms with Crippen molar-refractivity contribution in [2.24, 2.45) is 0 Å². The maximum atomic E-state index is 11.5. The van der Waals surface area contributed by atoms with Gasteiger partial charge in [-0.05, 0) is 24.1 Å². The third-order valence-corrected chi connectivity index (χ3v) is 4.82. The Morgan fingerprint density at radius 3 is 2.94 bits per heavy atom. The predicted octanol–water partition coefficient (Wildman–Crippen LogP) is 1.23. The van der Waals surface area contributed by atoms with Crippen molar-refractivity contribution in [1.29, 1.82) is 0 Å². The van der Waals surface area contributed by atoms with E-state index in [-0.39, 0.29) is 6.04 Å². The molecule has 1 N–H and O–H groups in total. The molecule has 1 fully saturated rings. The molecule has 1 saturated heterocycles. The number of rotatable bonds is 3. The Bertz CT molecular complexity index is 519. The van der Waals surface area contributed by atoms with Crippen molar-refractivity contribution in [1.82, 2.24) is 9.62 Å². The molecular formula is C12H17BrN2O2S. The van der Waals surface area contributed by atoms with Crippen molar-refractivity contribution in [3.05, 3.63) is 34.3 Å². The fourth-order valence-corrected chi connectivity index (χ4v) is 3.50. The Balaban J connectivity index is 2.02. The number of sulfonamides is 1. The van der Waals surface area contributed by atoms with Crippen molar-refractivity contribution in [3.8, 4) is 0 Å². The lowest BCUT2D eigenvalue weighted by Gasteiger charge is -2.32. The topological polar surface area (TPSA) is 49.4 Å². The van der Waals surface area contributed by atoms with Crippen LogP contribution in [-0.2, 0) is 16.4 Å². The van der Waals surface area contributed by atoms with Gasteiger partial charge in [0.1, 0.15) is 0 Å². The van der Waals surface area contributed by atoms with Gasteiger partial charge in [0.25, 0.3) is 0 Å². The van der Waals surface area contributed by atoms with Gasteiger partial charge in [0.2, 0.25) is 10.0 Å². The van der Waals surface area contributed by atoms with Crippen LogP contribution >= 0.6 is 15.9 Å². The molecule has 0 radical (unpaired) electrons. The van der Waals surface area contributed by atoms with Crippen LogP contribution in [0.1, 0.15) is 5.56 Å². The highest BCUT2D eigenvalue weighted by atomic mass is 79.9. The van der Waals surface area contributed by atoms with Gasteiger partial charge < -0.3 is 5.32 Å². The van der Waals surface area contributed by atoms with E-state index in [4.69, 9.17) is 0 Å². The van der Waals surface area contributed by atoms with Crippen LogP contribution in [0.3, 0.4) is 0 Å². The monoisotopic (exact) mass is 332 g/mol. The molecule has 4 nitrogen and oxygen atoms in total. The van der Waals surface area contributed by atoms with Gasteiger partial charge in [-0.2, -0.15) is 4.31 Å². The number of nitrogens with zero attached hydrogens (tertiary/aromatic N) is 1. The van der Waals surface area contributed by atoms with Gasteiger partial charge in [-0.1, -0.05) is 28.1 Å². The van der Waals surface area contributed by atoms with Gasteiger partial charge in [-0.15, -0.1) is 0 Å². The Labute approximate surface area is 117 Å². The predicted molar refractivity (Wildman–Crippen MR) is 76.1 cm³/mol. The van der Waals surface area contributed by atoms with E-state index in [0.717, 1.165) is 10.9 Å². The van der Waals surface area contributed by atoms with Gasteiger partial charge in [0.15, 0.2) is 0 Å². The number of benzene rings is 1. The second kappa shape index (κ2) is 5.69. The summed E-state index contributed by atoms with van der Waals surface area (Å²) in [6.45, 7) is 1.82. The average Bonchev–Trinajstić information content (AvgIpc) is 2.28. The van der Waals surface area contributed by atoms with Gasteiger partial charge in [-0.3, -0.25) is 0 Å². The number of halogens is 1. The van der Waals surface area contributed by atoms with Crippen LogP contribution in [0.5, 0.6) is 0 Å². The van der Waals surface area contributed by atoms with E-state index in [9.17, 15) is 8.42 Å². The number of hydrogen-bond acceptors (Lipinski definition) is 3. The Hall–Kier alpha value is -0.430. The summed E-state index contributed by atoms with van der Waals surface area (Å²) < 4.78 is 25.7. The van der Waals surface area contributed by atoms with Crippen molar-refractivity contribution in [3.63, 3.8) is 0 Å². The molecule has 18 heavy (non-hydrogen) atoms. The molecule has 1 atom stereocenters. The van der Waals surface area contributed by atoms with E-state index in [1.165, 1.54) is 11.8 Å². The van der Waals surface area contributed by atoms with Crippen LogP contribution in [0, 0.1) is 0 Å². The fourth-order valence-electron chi connectivity index (χ4n) is 2.18. The number of hydrogen-bond donors (Lipinski definition) is 1. The molecule has 1 aliphatic rings. The molecule has 1 aromatic rings. The first-order valence-corrected chi connectivity index (χ1v) is 8.52. The minimum atomic E-state index is -3.08. The molecule has 100 valence electrons. The summed E-state index contributed by atoms with van der Waals surface area (Å²) in [5.41, 5.74) is 1.21. The molecule has 1 unspecified atom stereocenters. The first-order chi connectivity index (χ1) is 8.45. The van der Waals surface area contributed by atoms with Crippen LogP contribution in [-0.4, -0.2) is 44.7 Å². The summed E-state index contributed by atoms with van der Waals surface area (Å²) >= 11 is 3.44. The van der Waals surface area contributed by atoms with Crippen LogP contribution in [0.2, 0.25) is 0 Å². The highest BCUT2D eigenvalue weighted by molar-refractivity contribution is 9.10. The molecule has 0 aromatic heterocycles. The molecule has 1 aromatic carbocycles. The molecule has 0 spiro atoms. The molecular weight excluding hydrogens is 316 g/mol. The maximum absolute atomic E-state index is 11.5. The maximum Gasteiger partial charge on any atom is 0.211 e. The summed E-state index contributed by atoms with van der Waals surface area (Å²) in [6.07, 6.45) is 2.11. The van der Waals surface area contributed by atoms with Crippen LogP contribution < -0.4 is 5.32 Å². The zero-order valence-electron chi connectivity index (χ0n) is 10.3. The van der Waals surface area contributed by atoms with E-state index in [1.807, 2.05) is 12.1 Å². The normalized spacial score (nSPS) is 22.0. The van der Waals surface area contributed by atoms with Gasteiger partial charge in [0, 0.05) is 30.1 Å². The van der Waals surface area contributed by atoms with Crippen molar-refractivity contribution in [2.45, 2.75) is 12.5 Å². The SMILES string of the molecule is CS(=O)(=O)N1CCNC(Cc2cccc(Br)c2)C1. The lowest BCUT2D eigenvalue weighted by Crippen LogP contribution is -2.53. The number of nitrogens with one attached hydrogen (secondary N) is 1. The summed E-state index contributed by atoms with van der Waals surface area (Å²) in [6, 6.07) is 8.30. The van der Waals surface area contributed by atoms with Crippen LogP contribution in [0.25, 0.3) is 0 Å². The third kappa shape index (κ3) is 3.78. The second-order valence-electron chi connectivity index (χ2n) is 4.61. The Morgan fingerprint density at radius 1 is 1.50 bits per heavy atom. The standard InChI is InChI=1S/C12H17BrN2O2S/c1-18(16,17)15-6-5-14-12(9-15)8-10-3-2-4-11(13)7-10/h2-4,7,12,14H,5-6,8-9H2,1H3. The Kier molecular flexibility index (Phi) is 4.42. The van der Waals surface area contributed by atoms with Gasteiger partial charge >= 0.3 is 0 Å². The molecule has 0 amide bonds. The quantitative estimate of drug-likeness (QED) is 0.905. The smallest absolute Gasteiger partial charge is 0.211 e. The van der Waals surface area contributed by atoms with E-state index in [1.54, 1.807) is 4.31 Å². The van der Waals surface area contributed by atoms with Crippen molar-refractivity contribution >= 4 is 26.0 Å². The van der Waals surface area contributed by atoms with E-state index in [0.29, 0.717) is 19.6 Å². The van der Waals surface area contributed by atoms with Gasteiger partial charge in [-0.25, -0.2) is 8.42 Å². The molecule has 0 aliphatic carbocycles. The lowest BCUT2D eigenvalue weighted by atomic mass is 10.1. The molecule has 1 heterocycles. The summed E-state index contributed by atoms with van der Waals surface area (Å²) in [5, 5.41) is 3.37.